The second-order valence-electron chi connectivity index (χ2n) is 3.31. The molecule has 1 rings (SSSR count). The maximum atomic E-state index is 11.6. The van der Waals surface area contributed by atoms with Gasteiger partial charge in [0.25, 0.3) is 0 Å². The number of anilines is 1. The molecule has 1 atom stereocenters. The molecule has 2 N–H and O–H groups in total. The zero-order chi connectivity index (χ0) is 13.0. The number of hydrogen-bond acceptors (Lipinski definition) is 5. The molecule has 0 aliphatic heterocycles. The monoisotopic (exact) mass is 257 g/mol. The fourth-order valence-electron chi connectivity index (χ4n) is 1.11. The highest BCUT2D eigenvalue weighted by Crippen LogP contribution is 2.20. The molecular weight excluding hydrogens is 246 g/mol. The molecule has 0 aliphatic rings. The molecule has 17 heavy (non-hydrogen) atoms. The molecule has 0 heterocycles. The van der Waals surface area contributed by atoms with Crippen LogP contribution in [0.3, 0.4) is 0 Å². The molecule has 1 unspecified atom stereocenters. The Balaban J connectivity index is 2.76. The van der Waals surface area contributed by atoms with E-state index in [1.807, 2.05) is 0 Å². The first-order valence-corrected chi connectivity index (χ1v) is 5.17. The van der Waals surface area contributed by atoms with Crippen LogP contribution in [0.15, 0.2) is 18.2 Å². The lowest BCUT2D eigenvalue weighted by Crippen LogP contribution is -2.25. The van der Waals surface area contributed by atoms with Crippen molar-refractivity contribution in [2.24, 2.45) is 0 Å². The maximum absolute atomic E-state index is 11.6. The number of benzene rings is 1. The van der Waals surface area contributed by atoms with Crippen molar-refractivity contribution in [1.29, 1.82) is 0 Å². The van der Waals surface area contributed by atoms with Crippen LogP contribution in [0.5, 0.6) is 0 Å². The van der Waals surface area contributed by atoms with Gasteiger partial charge in [-0.3, -0.25) is 0 Å². The number of carbonyl (C=O) groups is 2. The average molecular weight is 258 g/mol. The quantitative estimate of drug-likeness (QED) is 0.658. The molecule has 5 nitrogen and oxygen atoms in total. The summed E-state index contributed by atoms with van der Waals surface area (Å²) in [6.45, 7) is 1.42. The second-order valence-corrected chi connectivity index (χ2v) is 3.71. The third kappa shape index (κ3) is 3.35. The average Bonchev–Trinajstić information content (AvgIpc) is 2.31. The van der Waals surface area contributed by atoms with Crippen molar-refractivity contribution in [1.82, 2.24) is 0 Å². The minimum Gasteiger partial charge on any atom is -0.466 e. The van der Waals surface area contributed by atoms with Crippen molar-refractivity contribution in [3.8, 4) is 0 Å². The van der Waals surface area contributed by atoms with Crippen molar-refractivity contribution in [2.75, 3.05) is 12.8 Å². The highest BCUT2D eigenvalue weighted by atomic mass is 35.5. The Bertz CT molecular complexity index is 447. The number of carbonyl (C=O) groups excluding carboxylic acids is 2. The van der Waals surface area contributed by atoms with Gasteiger partial charge in [0, 0.05) is 0 Å². The molecule has 0 aliphatic carbocycles. The van der Waals surface area contributed by atoms with E-state index in [2.05, 4.69) is 4.74 Å². The topological polar surface area (TPSA) is 78.6 Å². The van der Waals surface area contributed by atoms with E-state index >= 15 is 0 Å². The van der Waals surface area contributed by atoms with Gasteiger partial charge >= 0.3 is 11.9 Å². The van der Waals surface area contributed by atoms with Crippen LogP contribution >= 0.6 is 11.6 Å². The zero-order valence-corrected chi connectivity index (χ0v) is 10.2. The van der Waals surface area contributed by atoms with E-state index in [-0.39, 0.29) is 11.3 Å². The standard InChI is InChI=1S/C11H12ClNO4/c1-6(10(14)16-2)17-11(15)7-3-4-8(12)9(13)5-7/h3-6H,13H2,1-2H3. The van der Waals surface area contributed by atoms with Gasteiger partial charge in [0.1, 0.15) is 0 Å². The van der Waals surface area contributed by atoms with Gasteiger partial charge in [-0.15, -0.1) is 0 Å². The number of hydrogen-bond donors (Lipinski definition) is 1. The van der Waals surface area contributed by atoms with E-state index in [0.29, 0.717) is 5.02 Å². The number of esters is 2. The maximum Gasteiger partial charge on any atom is 0.346 e. The van der Waals surface area contributed by atoms with Crippen LogP contribution in [0.25, 0.3) is 0 Å². The van der Waals surface area contributed by atoms with Crippen molar-refractivity contribution in [2.45, 2.75) is 13.0 Å². The Morgan fingerprint density at radius 1 is 1.41 bits per heavy atom. The van der Waals surface area contributed by atoms with Crippen molar-refractivity contribution >= 4 is 29.2 Å². The van der Waals surface area contributed by atoms with Gasteiger partial charge in [-0.2, -0.15) is 0 Å². The van der Waals surface area contributed by atoms with Gasteiger partial charge in [0.15, 0.2) is 6.10 Å². The van der Waals surface area contributed by atoms with Crippen LogP contribution in [0, 0.1) is 0 Å². The van der Waals surface area contributed by atoms with E-state index in [4.69, 9.17) is 22.1 Å². The Hall–Kier alpha value is -1.75. The minimum absolute atomic E-state index is 0.225. The number of halogens is 1. The minimum atomic E-state index is -0.968. The lowest BCUT2D eigenvalue weighted by atomic mass is 10.2. The van der Waals surface area contributed by atoms with Gasteiger partial charge in [-0.25, -0.2) is 9.59 Å². The van der Waals surface area contributed by atoms with Gasteiger partial charge in [-0.05, 0) is 25.1 Å². The van der Waals surface area contributed by atoms with Crippen LogP contribution in [-0.2, 0) is 14.3 Å². The molecule has 0 saturated carbocycles. The Kier molecular flexibility index (Phi) is 4.34. The Morgan fingerprint density at radius 2 is 2.06 bits per heavy atom. The van der Waals surface area contributed by atoms with E-state index in [1.54, 1.807) is 0 Å². The summed E-state index contributed by atoms with van der Waals surface area (Å²) in [6, 6.07) is 4.33. The number of nitrogens with two attached hydrogens (primary N) is 1. The van der Waals surface area contributed by atoms with E-state index < -0.39 is 18.0 Å². The molecule has 1 aromatic carbocycles. The molecule has 0 fully saturated rings. The summed E-state index contributed by atoms with van der Waals surface area (Å²) in [7, 11) is 1.22. The molecule has 0 aromatic heterocycles. The molecule has 0 radical (unpaired) electrons. The van der Waals surface area contributed by atoms with Crippen molar-refractivity contribution in [3.05, 3.63) is 28.8 Å². The number of nitrogen functional groups attached to an aromatic ring is 1. The molecule has 6 heteroatoms. The molecule has 92 valence electrons. The number of rotatable bonds is 3. The van der Waals surface area contributed by atoms with Crippen molar-refractivity contribution in [3.63, 3.8) is 0 Å². The summed E-state index contributed by atoms with van der Waals surface area (Å²) in [5, 5.41) is 0.350. The molecule has 0 amide bonds. The SMILES string of the molecule is COC(=O)C(C)OC(=O)c1ccc(Cl)c(N)c1. The van der Waals surface area contributed by atoms with Crippen LogP contribution in [-0.4, -0.2) is 25.2 Å². The van der Waals surface area contributed by atoms with Crippen LogP contribution in [0.4, 0.5) is 5.69 Å². The first kappa shape index (κ1) is 13.3. The second kappa shape index (κ2) is 5.54. The first-order valence-electron chi connectivity index (χ1n) is 4.79. The largest absolute Gasteiger partial charge is 0.466 e. The summed E-state index contributed by atoms with van der Waals surface area (Å²) in [4.78, 5) is 22.7. The predicted octanol–water partition coefficient (Wildman–Crippen LogP) is 1.64. The van der Waals surface area contributed by atoms with Gasteiger partial charge in [0.05, 0.1) is 23.4 Å². The lowest BCUT2D eigenvalue weighted by Gasteiger charge is -2.11. The van der Waals surface area contributed by atoms with Crippen LogP contribution in [0.1, 0.15) is 17.3 Å². The van der Waals surface area contributed by atoms with E-state index in [0.717, 1.165) is 0 Å². The number of ether oxygens (including phenoxy) is 2. The zero-order valence-electron chi connectivity index (χ0n) is 9.40. The predicted molar refractivity (Wildman–Crippen MR) is 62.8 cm³/mol. The van der Waals surface area contributed by atoms with Crippen molar-refractivity contribution < 1.29 is 19.1 Å². The fourth-order valence-corrected chi connectivity index (χ4v) is 1.23. The highest BCUT2D eigenvalue weighted by Gasteiger charge is 2.19. The number of methoxy groups -OCH3 is 1. The molecule has 1 aromatic rings. The van der Waals surface area contributed by atoms with Gasteiger partial charge in [-0.1, -0.05) is 11.6 Å². The van der Waals surface area contributed by atoms with E-state index in [9.17, 15) is 9.59 Å². The van der Waals surface area contributed by atoms with Gasteiger partial charge < -0.3 is 15.2 Å². The third-order valence-corrected chi connectivity index (χ3v) is 2.39. The smallest absolute Gasteiger partial charge is 0.346 e. The highest BCUT2D eigenvalue weighted by molar-refractivity contribution is 6.33. The van der Waals surface area contributed by atoms with Crippen LogP contribution in [0.2, 0.25) is 5.02 Å². The van der Waals surface area contributed by atoms with E-state index in [1.165, 1.54) is 32.2 Å². The summed E-state index contributed by atoms with van der Waals surface area (Å²) in [5.74, 6) is -1.29. The third-order valence-electron chi connectivity index (χ3n) is 2.05. The summed E-state index contributed by atoms with van der Waals surface area (Å²) < 4.78 is 9.30. The first-order chi connectivity index (χ1) is 7.95. The van der Waals surface area contributed by atoms with Gasteiger partial charge in [0.2, 0.25) is 0 Å². The molecular formula is C11H12ClNO4. The summed E-state index contributed by atoms with van der Waals surface area (Å²) in [5.41, 5.74) is 6.04. The Labute approximate surface area is 103 Å². The van der Waals surface area contributed by atoms with Crippen LogP contribution < -0.4 is 5.73 Å². The summed E-state index contributed by atoms with van der Waals surface area (Å²) >= 11 is 5.71. The molecule has 0 saturated heterocycles. The Morgan fingerprint density at radius 3 is 2.59 bits per heavy atom. The molecule has 0 bridgehead atoms. The normalized spacial score (nSPS) is 11.7. The summed E-state index contributed by atoms with van der Waals surface area (Å²) in [6.07, 6.45) is -0.968. The molecule has 0 spiro atoms. The fraction of sp³-hybridized carbons (Fsp3) is 0.273. The lowest BCUT2D eigenvalue weighted by molar-refractivity contribution is -0.149.